The Morgan fingerprint density at radius 3 is 2.17 bits per heavy atom. The van der Waals surface area contributed by atoms with Crippen LogP contribution in [0.1, 0.15) is 22.8 Å². The maximum Gasteiger partial charge on any atom is 0.349 e. The van der Waals surface area contributed by atoms with Gasteiger partial charge in [0.2, 0.25) is 5.78 Å². The lowest BCUT2D eigenvalue weighted by Gasteiger charge is -2.11. The molecule has 0 heterocycles. The van der Waals surface area contributed by atoms with Gasteiger partial charge in [-0.05, 0) is 18.6 Å². The molecule has 0 unspecified atom stereocenters. The second-order valence-corrected chi connectivity index (χ2v) is 4.86. The molecule has 0 spiro atoms. The molecule has 0 amide bonds. The van der Waals surface area contributed by atoms with E-state index in [9.17, 15) is 9.59 Å². The van der Waals surface area contributed by atoms with Crippen LogP contribution in [-0.2, 0) is 9.53 Å². The molecule has 1 atom stereocenters. The first kappa shape index (κ1) is 16.2. The van der Waals surface area contributed by atoms with Crippen LogP contribution in [0.15, 0.2) is 66.2 Å². The molecule has 0 fully saturated rings. The van der Waals surface area contributed by atoms with Crippen molar-refractivity contribution in [2.45, 2.75) is 13.0 Å². The maximum atomic E-state index is 12.2. The predicted octanol–water partition coefficient (Wildman–Crippen LogP) is 3.41. The minimum absolute atomic E-state index is 0.149. The van der Waals surface area contributed by atoms with Crippen LogP contribution in [0.5, 0.6) is 0 Å². The molecule has 2 aromatic rings. The van der Waals surface area contributed by atoms with Gasteiger partial charge in [-0.1, -0.05) is 60.7 Å². The summed E-state index contributed by atoms with van der Waals surface area (Å²) in [5, 5.41) is 9.12. The van der Waals surface area contributed by atoms with Gasteiger partial charge in [0.1, 0.15) is 11.6 Å². The molecule has 4 nitrogen and oxygen atoms in total. The van der Waals surface area contributed by atoms with Gasteiger partial charge in [0.05, 0.1) is 0 Å². The third kappa shape index (κ3) is 4.39. The van der Waals surface area contributed by atoms with Crippen molar-refractivity contribution < 1.29 is 14.3 Å². The number of benzene rings is 2. The van der Waals surface area contributed by atoms with Crippen LogP contribution < -0.4 is 0 Å². The predicted molar refractivity (Wildman–Crippen MR) is 86.4 cm³/mol. The van der Waals surface area contributed by atoms with Crippen LogP contribution in [0.25, 0.3) is 6.08 Å². The Morgan fingerprint density at radius 2 is 1.61 bits per heavy atom. The third-order valence-corrected chi connectivity index (χ3v) is 3.16. The van der Waals surface area contributed by atoms with Crippen molar-refractivity contribution in [3.8, 4) is 6.07 Å². The quantitative estimate of drug-likeness (QED) is 0.367. The van der Waals surface area contributed by atoms with Crippen molar-refractivity contribution in [2.24, 2.45) is 0 Å². The van der Waals surface area contributed by atoms with Crippen molar-refractivity contribution in [1.82, 2.24) is 0 Å². The lowest BCUT2D eigenvalue weighted by atomic mass is 10.1. The minimum Gasteiger partial charge on any atom is -0.450 e. The zero-order valence-corrected chi connectivity index (χ0v) is 12.6. The number of nitrogens with zero attached hydrogens (tertiary/aromatic N) is 1. The lowest BCUT2D eigenvalue weighted by Crippen LogP contribution is -2.25. The van der Waals surface area contributed by atoms with E-state index in [0.717, 1.165) is 0 Å². The average Bonchev–Trinajstić information content (AvgIpc) is 2.60. The first-order chi connectivity index (χ1) is 11.1. The number of rotatable bonds is 5. The first-order valence-electron chi connectivity index (χ1n) is 7.09. The summed E-state index contributed by atoms with van der Waals surface area (Å²) in [6.45, 7) is 1.49. The van der Waals surface area contributed by atoms with Gasteiger partial charge in [0, 0.05) is 5.56 Å². The molecule has 2 aromatic carbocycles. The van der Waals surface area contributed by atoms with Crippen molar-refractivity contribution in [2.75, 3.05) is 0 Å². The molecule has 0 aromatic heterocycles. The normalized spacial score (nSPS) is 12.1. The molecule has 0 N–H and O–H groups in total. The molecule has 0 aliphatic rings. The molecule has 114 valence electrons. The second kappa shape index (κ2) is 7.71. The summed E-state index contributed by atoms with van der Waals surface area (Å²) in [7, 11) is 0. The Balaban J connectivity index is 2.09. The number of carbonyl (C=O) groups excluding carboxylic acids is 2. The summed E-state index contributed by atoms with van der Waals surface area (Å²) in [5.74, 6) is -1.12. The zero-order valence-electron chi connectivity index (χ0n) is 12.6. The van der Waals surface area contributed by atoms with E-state index in [-0.39, 0.29) is 11.4 Å². The molecule has 0 aliphatic heterocycles. The summed E-state index contributed by atoms with van der Waals surface area (Å²) < 4.78 is 5.11. The summed E-state index contributed by atoms with van der Waals surface area (Å²) in [6, 6.07) is 19.3. The van der Waals surface area contributed by atoms with E-state index in [2.05, 4.69) is 0 Å². The average molecular weight is 305 g/mol. The fraction of sp³-hybridized carbons (Fsp3) is 0.105. The highest BCUT2D eigenvalue weighted by Crippen LogP contribution is 2.11. The highest BCUT2D eigenvalue weighted by molar-refractivity contribution is 6.03. The van der Waals surface area contributed by atoms with Gasteiger partial charge in [0.25, 0.3) is 0 Å². The van der Waals surface area contributed by atoms with E-state index < -0.39 is 12.1 Å². The summed E-state index contributed by atoms with van der Waals surface area (Å²) in [5.41, 5.74) is 1.02. The molecule has 2 rings (SSSR count). The molecule has 0 saturated carbocycles. The first-order valence-corrected chi connectivity index (χ1v) is 7.09. The van der Waals surface area contributed by atoms with E-state index in [0.29, 0.717) is 11.1 Å². The van der Waals surface area contributed by atoms with Crippen LogP contribution in [0.2, 0.25) is 0 Å². The molecule has 4 heteroatoms. The maximum absolute atomic E-state index is 12.2. The molecule has 0 radical (unpaired) electrons. The number of hydrogen-bond donors (Lipinski definition) is 0. The number of esters is 1. The Kier molecular flexibility index (Phi) is 5.43. The van der Waals surface area contributed by atoms with Gasteiger partial charge in [-0.2, -0.15) is 5.26 Å². The third-order valence-electron chi connectivity index (χ3n) is 3.16. The molecular formula is C19H15NO3. The van der Waals surface area contributed by atoms with E-state index in [4.69, 9.17) is 10.00 Å². The topological polar surface area (TPSA) is 67.2 Å². The molecule has 0 bridgehead atoms. The standard InChI is InChI=1S/C19H15NO3/c1-14(18(21)16-10-6-3-7-11-16)23-19(22)17(13-20)12-15-8-4-2-5-9-15/h2-12,14H,1H3/b17-12+/t14-/m1/s1. The highest BCUT2D eigenvalue weighted by Gasteiger charge is 2.21. The number of hydrogen-bond acceptors (Lipinski definition) is 4. The Labute approximate surface area is 134 Å². The lowest BCUT2D eigenvalue weighted by molar-refractivity contribution is -0.141. The van der Waals surface area contributed by atoms with E-state index >= 15 is 0 Å². The van der Waals surface area contributed by atoms with Crippen LogP contribution in [0, 0.1) is 11.3 Å². The minimum atomic E-state index is -0.961. The number of carbonyl (C=O) groups is 2. The zero-order chi connectivity index (χ0) is 16.7. The van der Waals surface area contributed by atoms with Gasteiger partial charge in [-0.25, -0.2) is 4.79 Å². The smallest absolute Gasteiger partial charge is 0.349 e. The van der Waals surface area contributed by atoms with E-state index in [1.807, 2.05) is 12.1 Å². The Hall–Kier alpha value is -3.19. The van der Waals surface area contributed by atoms with Gasteiger partial charge in [-0.15, -0.1) is 0 Å². The van der Waals surface area contributed by atoms with Crippen molar-refractivity contribution >= 4 is 17.8 Å². The van der Waals surface area contributed by atoms with Crippen LogP contribution in [0.3, 0.4) is 0 Å². The van der Waals surface area contributed by atoms with Crippen LogP contribution in [-0.4, -0.2) is 17.9 Å². The number of Topliss-reactive ketones (excluding diaryl/α,β-unsaturated/α-hetero) is 1. The molecule has 23 heavy (non-hydrogen) atoms. The molecule has 0 aliphatic carbocycles. The van der Waals surface area contributed by atoms with Gasteiger partial charge >= 0.3 is 5.97 Å². The fourth-order valence-electron chi connectivity index (χ4n) is 1.97. The van der Waals surface area contributed by atoms with E-state index in [1.54, 1.807) is 54.6 Å². The Morgan fingerprint density at radius 1 is 1.04 bits per heavy atom. The summed E-state index contributed by atoms with van der Waals surface area (Å²) >= 11 is 0. The van der Waals surface area contributed by atoms with Gasteiger partial charge < -0.3 is 4.74 Å². The highest BCUT2D eigenvalue weighted by atomic mass is 16.5. The van der Waals surface area contributed by atoms with Crippen LogP contribution in [0.4, 0.5) is 0 Å². The van der Waals surface area contributed by atoms with Gasteiger partial charge in [0.15, 0.2) is 6.10 Å². The number of ketones is 1. The molecule has 0 saturated heterocycles. The SMILES string of the molecule is C[C@@H](OC(=O)/C(C#N)=C/c1ccccc1)C(=O)c1ccccc1. The number of nitriles is 1. The van der Waals surface area contributed by atoms with Crippen molar-refractivity contribution in [3.63, 3.8) is 0 Å². The monoisotopic (exact) mass is 305 g/mol. The second-order valence-electron chi connectivity index (χ2n) is 4.86. The van der Waals surface area contributed by atoms with Crippen LogP contribution >= 0.6 is 0 Å². The van der Waals surface area contributed by atoms with Gasteiger partial charge in [-0.3, -0.25) is 4.79 Å². The largest absolute Gasteiger partial charge is 0.450 e. The molecular weight excluding hydrogens is 290 g/mol. The number of ether oxygens (including phenoxy) is 1. The summed E-state index contributed by atoms with van der Waals surface area (Å²) in [6.07, 6.45) is 0.472. The van der Waals surface area contributed by atoms with Crippen molar-refractivity contribution in [3.05, 3.63) is 77.4 Å². The fourth-order valence-corrected chi connectivity index (χ4v) is 1.97. The Bertz CT molecular complexity index is 758. The summed E-state index contributed by atoms with van der Waals surface area (Å²) in [4.78, 5) is 24.2. The van der Waals surface area contributed by atoms with E-state index in [1.165, 1.54) is 13.0 Å². The van der Waals surface area contributed by atoms with Crippen molar-refractivity contribution in [1.29, 1.82) is 5.26 Å².